The van der Waals surface area contributed by atoms with E-state index in [2.05, 4.69) is 0 Å². The zero-order valence-corrected chi connectivity index (χ0v) is 9.47. The number of methoxy groups -OCH3 is 1. The highest BCUT2D eigenvalue weighted by Gasteiger charge is 2.09. The molecule has 1 unspecified atom stereocenters. The first-order chi connectivity index (χ1) is 7.04. The molecule has 0 bridgehead atoms. The molecule has 1 rings (SSSR count). The van der Waals surface area contributed by atoms with Crippen LogP contribution in [0.3, 0.4) is 0 Å². The van der Waals surface area contributed by atoms with E-state index >= 15 is 0 Å². The van der Waals surface area contributed by atoms with Crippen LogP contribution in [0.25, 0.3) is 0 Å². The Labute approximate surface area is 91.0 Å². The molecule has 0 amide bonds. The summed E-state index contributed by atoms with van der Waals surface area (Å²) in [5, 5.41) is 5.30. The van der Waals surface area contributed by atoms with Crippen molar-refractivity contribution in [1.29, 1.82) is 0 Å². The summed E-state index contributed by atoms with van der Waals surface area (Å²) >= 11 is 0. The van der Waals surface area contributed by atoms with E-state index in [4.69, 9.17) is 9.88 Å². The van der Waals surface area contributed by atoms with E-state index in [1.807, 2.05) is 0 Å². The number of carbonyl (C=O) groups excluding carboxylic acids is 1. The minimum absolute atomic E-state index is 0.0499. The van der Waals surface area contributed by atoms with Crippen LogP contribution in [0.2, 0.25) is 0 Å². The first kappa shape index (κ1) is 11.9. The quantitative estimate of drug-likeness (QED) is 0.827. The highest BCUT2D eigenvalue weighted by atomic mass is 32.2. The number of ketones is 1. The van der Waals surface area contributed by atoms with Crippen molar-refractivity contribution in [2.24, 2.45) is 5.14 Å². The van der Waals surface area contributed by atoms with Gasteiger partial charge in [-0.3, -0.25) is 4.79 Å². The predicted molar refractivity (Wildman–Crippen MR) is 58.0 cm³/mol. The number of benzene rings is 1. The number of ether oxygens (including phenoxy) is 1. The fourth-order valence-electron chi connectivity index (χ4n) is 1.28. The van der Waals surface area contributed by atoms with Gasteiger partial charge in [-0.25, -0.2) is 9.35 Å². The van der Waals surface area contributed by atoms with Crippen molar-refractivity contribution in [1.82, 2.24) is 0 Å². The lowest BCUT2D eigenvalue weighted by molar-refractivity contribution is -0.116. The lowest BCUT2D eigenvalue weighted by Crippen LogP contribution is -2.06. The first-order valence-electron chi connectivity index (χ1n) is 4.37. The van der Waals surface area contributed by atoms with Crippen LogP contribution in [-0.4, -0.2) is 17.1 Å². The Bertz CT molecular complexity index is 404. The number of hydrogen-bond donors (Lipinski definition) is 1. The molecule has 0 aliphatic heterocycles. The van der Waals surface area contributed by atoms with E-state index in [-0.39, 0.29) is 5.78 Å². The SMILES string of the molecule is COc1ccc(CC(C)=O)cc1S(N)=O. The number of rotatable bonds is 4. The maximum absolute atomic E-state index is 11.2. The van der Waals surface area contributed by atoms with Gasteiger partial charge in [0.25, 0.3) is 0 Å². The van der Waals surface area contributed by atoms with Gasteiger partial charge in [0.1, 0.15) is 22.5 Å². The maximum Gasteiger partial charge on any atom is 0.136 e. The second kappa shape index (κ2) is 5.04. The lowest BCUT2D eigenvalue weighted by Gasteiger charge is -2.07. The Morgan fingerprint density at radius 1 is 1.53 bits per heavy atom. The molecule has 0 saturated heterocycles. The largest absolute Gasteiger partial charge is 0.495 e. The van der Waals surface area contributed by atoms with Gasteiger partial charge in [0, 0.05) is 6.42 Å². The molecule has 1 atom stereocenters. The molecule has 1 aromatic carbocycles. The third-order valence-corrected chi connectivity index (χ3v) is 2.65. The number of hydrogen-bond acceptors (Lipinski definition) is 3. The molecule has 0 fully saturated rings. The molecule has 1 aromatic rings. The van der Waals surface area contributed by atoms with E-state index in [0.29, 0.717) is 17.1 Å². The van der Waals surface area contributed by atoms with Gasteiger partial charge < -0.3 is 4.74 Å². The maximum atomic E-state index is 11.2. The molecule has 82 valence electrons. The molecular formula is C10H13NO3S. The molecule has 4 nitrogen and oxygen atoms in total. The summed E-state index contributed by atoms with van der Waals surface area (Å²) in [4.78, 5) is 11.3. The summed E-state index contributed by atoms with van der Waals surface area (Å²) in [5.41, 5.74) is 0.789. The highest BCUT2D eigenvalue weighted by Crippen LogP contribution is 2.22. The second-order valence-electron chi connectivity index (χ2n) is 3.16. The van der Waals surface area contributed by atoms with Crippen molar-refractivity contribution in [3.63, 3.8) is 0 Å². The standard InChI is InChI=1S/C10H13NO3S/c1-7(12)5-8-3-4-9(14-2)10(6-8)15(11)13/h3-4,6H,5,11H2,1-2H3. The molecule has 0 aromatic heterocycles. The van der Waals surface area contributed by atoms with Gasteiger partial charge in [-0.05, 0) is 24.6 Å². The summed E-state index contributed by atoms with van der Waals surface area (Å²) in [6, 6.07) is 5.06. The number of Topliss-reactive ketones (excluding diaryl/α,β-unsaturated/α-hetero) is 1. The Balaban J connectivity index is 3.10. The fraction of sp³-hybridized carbons (Fsp3) is 0.300. The van der Waals surface area contributed by atoms with Crippen LogP contribution in [0.4, 0.5) is 0 Å². The Morgan fingerprint density at radius 2 is 2.20 bits per heavy atom. The van der Waals surface area contributed by atoms with E-state index in [1.54, 1.807) is 18.2 Å². The molecule has 0 aliphatic carbocycles. The molecule has 0 spiro atoms. The molecule has 0 radical (unpaired) electrons. The van der Waals surface area contributed by atoms with Crippen molar-refractivity contribution in [3.05, 3.63) is 23.8 Å². The predicted octanol–water partition coefficient (Wildman–Crippen LogP) is 0.808. The van der Waals surface area contributed by atoms with Crippen molar-refractivity contribution in [2.75, 3.05) is 7.11 Å². The van der Waals surface area contributed by atoms with Crippen LogP contribution in [0.5, 0.6) is 5.75 Å². The molecule has 15 heavy (non-hydrogen) atoms. The summed E-state index contributed by atoms with van der Waals surface area (Å²) < 4.78 is 16.2. The molecule has 0 aliphatic rings. The van der Waals surface area contributed by atoms with Gasteiger partial charge in [-0.15, -0.1) is 0 Å². The molecule has 0 saturated carbocycles. The van der Waals surface area contributed by atoms with Gasteiger partial charge in [0.2, 0.25) is 0 Å². The minimum atomic E-state index is -1.60. The molecule has 5 heteroatoms. The number of nitrogens with two attached hydrogens (primary N) is 1. The van der Waals surface area contributed by atoms with Gasteiger partial charge >= 0.3 is 0 Å². The smallest absolute Gasteiger partial charge is 0.136 e. The van der Waals surface area contributed by atoms with Crippen LogP contribution in [-0.2, 0) is 22.2 Å². The summed E-state index contributed by atoms with van der Waals surface area (Å²) in [7, 11) is -0.119. The van der Waals surface area contributed by atoms with Crippen LogP contribution in [0.1, 0.15) is 12.5 Å². The van der Waals surface area contributed by atoms with Crippen molar-refractivity contribution >= 4 is 16.8 Å². The molecule has 0 heterocycles. The second-order valence-corrected chi connectivity index (χ2v) is 4.20. The van der Waals surface area contributed by atoms with Gasteiger partial charge in [-0.2, -0.15) is 0 Å². The van der Waals surface area contributed by atoms with Crippen LogP contribution in [0.15, 0.2) is 23.1 Å². The summed E-state index contributed by atoms with van der Waals surface area (Å²) in [6.45, 7) is 1.50. The number of carbonyl (C=O) groups is 1. The fourth-order valence-corrected chi connectivity index (χ4v) is 1.89. The van der Waals surface area contributed by atoms with Crippen LogP contribution in [0, 0.1) is 0 Å². The summed E-state index contributed by atoms with van der Waals surface area (Å²) in [5.74, 6) is 0.525. The zero-order valence-electron chi connectivity index (χ0n) is 8.65. The van der Waals surface area contributed by atoms with Gasteiger partial charge in [0.05, 0.1) is 12.0 Å². The Morgan fingerprint density at radius 3 is 2.67 bits per heavy atom. The Kier molecular flexibility index (Phi) is 3.99. The van der Waals surface area contributed by atoms with E-state index in [0.717, 1.165) is 5.56 Å². The van der Waals surface area contributed by atoms with Crippen molar-refractivity contribution in [3.8, 4) is 5.75 Å². The van der Waals surface area contributed by atoms with Crippen molar-refractivity contribution < 1.29 is 13.7 Å². The van der Waals surface area contributed by atoms with Gasteiger partial charge in [0.15, 0.2) is 0 Å². The first-order valence-corrected chi connectivity index (χ1v) is 5.58. The zero-order chi connectivity index (χ0) is 11.4. The topological polar surface area (TPSA) is 69.4 Å². The average Bonchev–Trinajstić information content (AvgIpc) is 2.16. The molecular weight excluding hydrogens is 214 g/mol. The lowest BCUT2D eigenvalue weighted by atomic mass is 10.1. The monoisotopic (exact) mass is 227 g/mol. The van der Waals surface area contributed by atoms with Crippen LogP contribution < -0.4 is 9.88 Å². The normalized spacial score (nSPS) is 12.2. The van der Waals surface area contributed by atoms with Crippen molar-refractivity contribution in [2.45, 2.75) is 18.2 Å². The summed E-state index contributed by atoms with van der Waals surface area (Å²) in [6.07, 6.45) is 0.314. The third-order valence-electron chi connectivity index (χ3n) is 1.90. The van der Waals surface area contributed by atoms with Gasteiger partial charge in [-0.1, -0.05) is 6.07 Å². The third kappa shape index (κ3) is 3.14. The Hall–Kier alpha value is -1.20. The molecule has 2 N–H and O–H groups in total. The van der Waals surface area contributed by atoms with E-state index in [9.17, 15) is 9.00 Å². The minimum Gasteiger partial charge on any atom is -0.495 e. The highest BCUT2D eigenvalue weighted by molar-refractivity contribution is 7.82. The average molecular weight is 227 g/mol. The van der Waals surface area contributed by atoms with E-state index < -0.39 is 11.0 Å². The van der Waals surface area contributed by atoms with Crippen LogP contribution >= 0.6 is 0 Å². The van der Waals surface area contributed by atoms with E-state index in [1.165, 1.54) is 14.0 Å².